The average Bonchev–Trinajstić information content (AvgIpc) is 2.35. The Kier molecular flexibility index (Phi) is 4.23. The summed E-state index contributed by atoms with van der Waals surface area (Å²) in [5.74, 6) is -0.644. The van der Waals surface area contributed by atoms with Gasteiger partial charge in [0.05, 0.1) is 11.6 Å². The Morgan fingerprint density at radius 3 is 2.60 bits per heavy atom. The van der Waals surface area contributed by atoms with E-state index in [-0.39, 0.29) is 6.42 Å². The number of benzene rings is 1. The molecule has 2 rings (SSSR count). The molecule has 20 heavy (non-hydrogen) atoms. The molecule has 1 nitrogen and oxygen atoms in total. The van der Waals surface area contributed by atoms with Crippen LogP contribution >= 0.6 is 22.6 Å². The first-order chi connectivity index (χ1) is 9.25. The predicted molar refractivity (Wildman–Crippen MR) is 84.6 cm³/mol. The zero-order valence-electron chi connectivity index (χ0n) is 10.8. The van der Waals surface area contributed by atoms with Gasteiger partial charge in [-0.3, -0.25) is 0 Å². The SMILES string of the molecule is [B]C1CC(C(F)(F)F)=Cc2c1ccc(=C(/N)I)/c2=C\C. The van der Waals surface area contributed by atoms with Gasteiger partial charge in [0.25, 0.3) is 0 Å². The summed E-state index contributed by atoms with van der Waals surface area (Å²) in [6, 6.07) is 3.57. The van der Waals surface area contributed by atoms with Crippen LogP contribution in [0.25, 0.3) is 15.9 Å². The first-order valence-electron chi connectivity index (χ1n) is 6.03. The highest BCUT2D eigenvalue weighted by Gasteiger charge is 2.36. The van der Waals surface area contributed by atoms with Crippen molar-refractivity contribution in [2.45, 2.75) is 25.3 Å². The van der Waals surface area contributed by atoms with E-state index in [1.54, 1.807) is 19.1 Å². The number of hydrogen-bond donors (Lipinski definition) is 1. The fourth-order valence-electron chi connectivity index (χ4n) is 2.43. The summed E-state index contributed by atoms with van der Waals surface area (Å²) in [6.45, 7) is 1.78. The molecule has 1 unspecified atom stereocenters. The van der Waals surface area contributed by atoms with Gasteiger partial charge in [0, 0.05) is 10.8 Å². The van der Waals surface area contributed by atoms with Crippen LogP contribution in [0.1, 0.15) is 30.3 Å². The number of fused-ring (bicyclic) bond motifs is 1. The summed E-state index contributed by atoms with van der Waals surface area (Å²) in [7, 11) is 5.89. The van der Waals surface area contributed by atoms with E-state index in [4.69, 9.17) is 13.6 Å². The highest BCUT2D eigenvalue weighted by Crippen LogP contribution is 2.38. The molecular weight excluding hydrogens is 377 g/mol. The molecule has 1 aromatic carbocycles. The minimum absolute atomic E-state index is 0.192. The van der Waals surface area contributed by atoms with Gasteiger partial charge in [-0.15, -0.1) is 0 Å². The van der Waals surface area contributed by atoms with Crippen LogP contribution in [0.2, 0.25) is 0 Å². The molecule has 0 fully saturated rings. The van der Waals surface area contributed by atoms with E-state index >= 15 is 0 Å². The second-order valence-corrected chi connectivity index (χ2v) is 5.81. The molecule has 0 bridgehead atoms. The van der Waals surface area contributed by atoms with Crippen LogP contribution < -0.4 is 16.2 Å². The highest BCUT2D eigenvalue weighted by molar-refractivity contribution is 14.1. The van der Waals surface area contributed by atoms with E-state index in [2.05, 4.69) is 0 Å². The summed E-state index contributed by atoms with van der Waals surface area (Å²) in [5.41, 5.74) is 6.45. The molecule has 0 saturated heterocycles. The maximum absolute atomic E-state index is 12.9. The number of alkyl halides is 3. The number of hydrogen-bond acceptors (Lipinski definition) is 1. The molecule has 1 aliphatic carbocycles. The quantitative estimate of drug-likeness (QED) is 0.412. The zero-order chi connectivity index (χ0) is 15.1. The van der Waals surface area contributed by atoms with E-state index in [0.717, 1.165) is 10.8 Å². The summed E-state index contributed by atoms with van der Waals surface area (Å²) in [4.78, 5) is 0. The van der Waals surface area contributed by atoms with Crippen LogP contribution in [0.15, 0.2) is 17.7 Å². The first kappa shape index (κ1) is 15.5. The third-order valence-electron chi connectivity index (χ3n) is 3.39. The van der Waals surface area contributed by atoms with Crippen LogP contribution in [-0.2, 0) is 0 Å². The molecule has 0 aromatic heterocycles. The Bertz CT molecular complexity index is 688. The maximum atomic E-state index is 12.9. The van der Waals surface area contributed by atoms with Crippen molar-refractivity contribution in [2.75, 3.05) is 0 Å². The topological polar surface area (TPSA) is 26.0 Å². The average molecular weight is 389 g/mol. The number of halogens is 4. The summed E-state index contributed by atoms with van der Waals surface area (Å²) >= 11 is 1.96. The number of nitrogens with two attached hydrogens (primary N) is 1. The predicted octanol–water partition coefficient (Wildman–Crippen LogP) is 2.51. The maximum Gasteiger partial charge on any atom is 0.412 e. The lowest BCUT2D eigenvalue weighted by molar-refractivity contribution is -0.0932. The lowest BCUT2D eigenvalue weighted by Gasteiger charge is -2.25. The molecule has 2 N–H and O–H groups in total. The molecule has 2 radical (unpaired) electrons. The van der Waals surface area contributed by atoms with Crippen molar-refractivity contribution in [1.29, 1.82) is 0 Å². The van der Waals surface area contributed by atoms with Crippen molar-refractivity contribution in [3.05, 3.63) is 39.3 Å². The van der Waals surface area contributed by atoms with Gasteiger partial charge in [-0.05, 0) is 64.2 Å². The van der Waals surface area contributed by atoms with Gasteiger partial charge in [0.1, 0.15) is 0 Å². The Balaban J connectivity index is 2.85. The molecule has 1 aromatic rings. The van der Waals surface area contributed by atoms with Crippen molar-refractivity contribution in [1.82, 2.24) is 0 Å². The van der Waals surface area contributed by atoms with E-state index < -0.39 is 17.6 Å². The lowest BCUT2D eigenvalue weighted by atomic mass is 9.71. The van der Waals surface area contributed by atoms with Crippen LogP contribution in [0, 0.1) is 0 Å². The van der Waals surface area contributed by atoms with Gasteiger partial charge in [-0.25, -0.2) is 0 Å². The van der Waals surface area contributed by atoms with Crippen molar-refractivity contribution in [2.24, 2.45) is 5.73 Å². The second-order valence-electron chi connectivity index (χ2n) is 4.64. The minimum atomic E-state index is -4.35. The largest absolute Gasteiger partial charge is 0.412 e. The van der Waals surface area contributed by atoms with Crippen molar-refractivity contribution in [3.63, 3.8) is 0 Å². The van der Waals surface area contributed by atoms with Gasteiger partial charge in [-0.1, -0.05) is 18.2 Å². The van der Waals surface area contributed by atoms with Crippen LogP contribution in [-0.4, -0.2) is 14.0 Å². The van der Waals surface area contributed by atoms with Crippen molar-refractivity contribution in [3.8, 4) is 0 Å². The van der Waals surface area contributed by atoms with Gasteiger partial charge < -0.3 is 5.73 Å². The Morgan fingerprint density at radius 1 is 1.45 bits per heavy atom. The number of rotatable bonds is 0. The van der Waals surface area contributed by atoms with E-state index in [9.17, 15) is 13.2 Å². The summed E-state index contributed by atoms with van der Waals surface area (Å²) < 4.78 is 39.4. The molecule has 0 amide bonds. The van der Waals surface area contributed by atoms with E-state index in [1.165, 1.54) is 6.08 Å². The van der Waals surface area contributed by atoms with Crippen molar-refractivity contribution < 1.29 is 13.2 Å². The molecule has 0 aliphatic heterocycles. The third-order valence-corrected chi connectivity index (χ3v) is 3.97. The fraction of sp³-hybridized carbons (Fsp3) is 0.286. The van der Waals surface area contributed by atoms with Gasteiger partial charge >= 0.3 is 6.18 Å². The second kappa shape index (κ2) is 5.46. The van der Waals surface area contributed by atoms with Gasteiger partial charge in [0.2, 0.25) is 0 Å². The monoisotopic (exact) mass is 389 g/mol. The molecule has 0 heterocycles. The third kappa shape index (κ3) is 2.75. The minimum Gasteiger partial charge on any atom is -0.393 e. The number of allylic oxidation sites excluding steroid dienone is 1. The standard InChI is InChI=1S/C14H12BF3IN/c1-2-8-10(13(19)20)4-3-9-11(8)5-7(6-12(9)15)14(16,17)18/h2-5,12H,6,20H2,1H3/b8-2+,13-10-. The van der Waals surface area contributed by atoms with Crippen LogP contribution in [0.5, 0.6) is 0 Å². The zero-order valence-corrected chi connectivity index (χ0v) is 12.9. The molecule has 6 heteroatoms. The van der Waals surface area contributed by atoms with Crippen molar-refractivity contribution >= 4 is 46.3 Å². The first-order valence-corrected chi connectivity index (χ1v) is 7.11. The molecule has 0 saturated carbocycles. The molecule has 104 valence electrons. The van der Waals surface area contributed by atoms with Gasteiger partial charge in [-0.2, -0.15) is 13.2 Å². The molecule has 1 aliphatic rings. The summed E-state index contributed by atoms with van der Waals surface area (Å²) in [5, 5.41) is 1.44. The van der Waals surface area contributed by atoms with Crippen LogP contribution in [0.4, 0.5) is 13.2 Å². The normalized spacial score (nSPS) is 21.4. The van der Waals surface area contributed by atoms with Crippen LogP contribution in [0.3, 0.4) is 0 Å². The highest BCUT2D eigenvalue weighted by atomic mass is 127. The smallest absolute Gasteiger partial charge is 0.393 e. The molecular formula is C14H12BF3IN. The molecule has 1 atom stereocenters. The fourth-order valence-corrected chi connectivity index (χ4v) is 2.90. The Hall–Kier alpha value is -0.915. The Labute approximate surface area is 130 Å². The molecule has 0 spiro atoms. The lowest BCUT2D eigenvalue weighted by Crippen LogP contribution is -2.33. The van der Waals surface area contributed by atoms with E-state index in [0.29, 0.717) is 14.5 Å². The van der Waals surface area contributed by atoms with Gasteiger partial charge in [0.15, 0.2) is 0 Å². The van der Waals surface area contributed by atoms with E-state index in [1.807, 2.05) is 28.7 Å². The summed E-state index contributed by atoms with van der Waals surface area (Å²) in [6.07, 6.45) is -1.59. The Morgan fingerprint density at radius 2 is 2.10 bits per heavy atom.